The summed E-state index contributed by atoms with van der Waals surface area (Å²) in [5, 5.41) is 0. The number of rotatable bonds is 3. The Kier molecular flexibility index (Phi) is 4.70. The molecule has 2 saturated carbocycles. The van der Waals surface area contributed by atoms with Gasteiger partial charge >= 0.3 is 0 Å². The lowest BCUT2D eigenvalue weighted by Crippen LogP contribution is -2.34. The zero-order valence-corrected chi connectivity index (χ0v) is 15.2. The molecule has 1 aromatic carbocycles. The van der Waals surface area contributed by atoms with Crippen molar-refractivity contribution in [2.24, 2.45) is 29.6 Å². The number of ether oxygens (including phenoxy) is 1. The van der Waals surface area contributed by atoms with E-state index in [2.05, 4.69) is 30.9 Å². The predicted octanol–water partition coefficient (Wildman–Crippen LogP) is 5.82. The van der Waals surface area contributed by atoms with Gasteiger partial charge in [0.1, 0.15) is 5.75 Å². The highest BCUT2D eigenvalue weighted by atomic mass is 16.5. The first-order valence-corrected chi connectivity index (χ1v) is 10.0. The molecule has 24 heavy (non-hydrogen) atoms. The number of fused-ring (bicyclic) bond motifs is 2. The van der Waals surface area contributed by atoms with E-state index in [-0.39, 0.29) is 0 Å². The van der Waals surface area contributed by atoms with Crippen molar-refractivity contribution in [2.75, 3.05) is 7.11 Å². The van der Waals surface area contributed by atoms with Crippen molar-refractivity contribution in [1.82, 2.24) is 0 Å². The third-order valence-electron chi connectivity index (χ3n) is 7.37. The molecule has 0 bridgehead atoms. The van der Waals surface area contributed by atoms with Crippen LogP contribution in [0.15, 0.2) is 30.9 Å². The fraction of sp³-hybridized carbons (Fsp3) is 0.652. The van der Waals surface area contributed by atoms with Crippen LogP contribution in [0.1, 0.15) is 56.1 Å². The van der Waals surface area contributed by atoms with Gasteiger partial charge in [0.15, 0.2) is 0 Å². The van der Waals surface area contributed by atoms with Gasteiger partial charge in [-0.1, -0.05) is 12.1 Å². The highest BCUT2D eigenvalue weighted by molar-refractivity contribution is 5.37. The van der Waals surface area contributed by atoms with Crippen LogP contribution in [0.2, 0.25) is 0 Å². The maximum Gasteiger partial charge on any atom is 0.119 e. The van der Waals surface area contributed by atoms with Crippen LogP contribution in [0.4, 0.5) is 0 Å². The van der Waals surface area contributed by atoms with Crippen LogP contribution >= 0.6 is 0 Å². The smallest absolute Gasteiger partial charge is 0.119 e. The first kappa shape index (κ1) is 16.2. The van der Waals surface area contributed by atoms with Crippen LogP contribution in [-0.4, -0.2) is 7.11 Å². The molecule has 1 heteroatoms. The molecule has 0 aromatic heterocycles. The summed E-state index contributed by atoms with van der Waals surface area (Å²) < 4.78 is 5.39. The average Bonchev–Trinajstić information content (AvgIpc) is 2.66. The predicted molar refractivity (Wildman–Crippen MR) is 100 cm³/mol. The molecular weight excluding hydrogens is 292 g/mol. The van der Waals surface area contributed by atoms with E-state index in [0.29, 0.717) is 0 Å². The second-order valence-electron chi connectivity index (χ2n) is 8.54. The summed E-state index contributed by atoms with van der Waals surface area (Å²) >= 11 is 0. The third kappa shape index (κ3) is 3.15. The lowest BCUT2D eigenvalue weighted by Gasteiger charge is -2.44. The van der Waals surface area contributed by atoms with Gasteiger partial charge in [-0.05, 0) is 111 Å². The average molecular weight is 325 g/mol. The van der Waals surface area contributed by atoms with Crippen molar-refractivity contribution in [2.45, 2.75) is 57.8 Å². The highest BCUT2D eigenvalue weighted by Gasteiger charge is 2.38. The molecule has 5 unspecified atom stereocenters. The molecule has 3 aliphatic carbocycles. The summed E-state index contributed by atoms with van der Waals surface area (Å²) in [6, 6.07) is 6.73. The molecule has 0 radical (unpaired) electrons. The van der Waals surface area contributed by atoms with Gasteiger partial charge in [0.25, 0.3) is 0 Å². The van der Waals surface area contributed by atoms with Gasteiger partial charge < -0.3 is 4.74 Å². The van der Waals surface area contributed by atoms with E-state index in [1.54, 1.807) is 12.7 Å². The monoisotopic (exact) mass is 324 g/mol. The Morgan fingerprint density at radius 2 is 1.67 bits per heavy atom. The molecule has 5 atom stereocenters. The Morgan fingerprint density at radius 3 is 2.46 bits per heavy atom. The topological polar surface area (TPSA) is 9.23 Å². The molecule has 4 rings (SSSR count). The van der Waals surface area contributed by atoms with Crippen LogP contribution in [0.25, 0.3) is 0 Å². The maximum atomic E-state index is 5.39. The van der Waals surface area contributed by atoms with Crippen LogP contribution in [0.5, 0.6) is 5.75 Å². The first-order chi connectivity index (χ1) is 11.8. The van der Waals surface area contributed by atoms with Gasteiger partial charge in [-0.25, -0.2) is 0 Å². The van der Waals surface area contributed by atoms with Gasteiger partial charge in [0.05, 0.1) is 7.11 Å². The minimum atomic E-state index is 0.805. The largest absolute Gasteiger partial charge is 0.497 e. The Morgan fingerprint density at radius 1 is 0.917 bits per heavy atom. The number of hydrogen-bond donors (Lipinski definition) is 0. The summed E-state index contributed by atoms with van der Waals surface area (Å²) in [6.45, 7) is 4.04. The van der Waals surface area contributed by atoms with Crippen LogP contribution in [0, 0.1) is 29.6 Å². The molecule has 1 aromatic rings. The Bertz CT molecular complexity index is 590. The molecule has 0 aliphatic heterocycles. The second-order valence-corrected chi connectivity index (χ2v) is 8.54. The summed E-state index contributed by atoms with van der Waals surface area (Å²) in [6.07, 6.45) is 14.9. The standard InChI is InChI=1S/C23H32O/c1-3-16-4-5-18-13-19(7-6-17(18)12-16)20-8-9-22-15-23(24-2)11-10-21(22)14-20/h3,10-11,15-20H,1,4-9,12-14H2,2H3. The van der Waals surface area contributed by atoms with Crippen molar-refractivity contribution >= 4 is 0 Å². The van der Waals surface area contributed by atoms with Gasteiger partial charge in [-0.15, -0.1) is 6.58 Å². The Labute approximate surface area is 147 Å². The summed E-state index contributed by atoms with van der Waals surface area (Å²) in [7, 11) is 1.77. The zero-order chi connectivity index (χ0) is 16.5. The van der Waals surface area contributed by atoms with Crippen molar-refractivity contribution in [1.29, 1.82) is 0 Å². The SMILES string of the molecule is C=CC1CCC2CC(C3CCc4cc(OC)ccc4C3)CCC2C1. The van der Waals surface area contributed by atoms with Crippen LogP contribution in [0.3, 0.4) is 0 Å². The molecule has 0 amide bonds. The van der Waals surface area contributed by atoms with E-state index in [1.807, 2.05) is 0 Å². The van der Waals surface area contributed by atoms with Gasteiger partial charge in [-0.3, -0.25) is 0 Å². The van der Waals surface area contributed by atoms with Crippen molar-refractivity contribution in [3.05, 3.63) is 42.0 Å². The highest BCUT2D eigenvalue weighted by Crippen LogP contribution is 2.48. The van der Waals surface area contributed by atoms with E-state index in [9.17, 15) is 0 Å². The maximum absolute atomic E-state index is 5.39. The van der Waals surface area contributed by atoms with Crippen LogP contribution < -0.4 is 4.74 Å². The third-order valence-corrected chi connectivity index (χ3v) is 7.37. The number of hydrogen-bond acceptors (Lipinski definition) is 1. The van der Waals surface area contributed by atoms with Gasteiger partial charge in [0.2, 0.25) is 0 Å². The minimum Gasteiger partial charge on any atom is -0.497 e. The number of aryl methyl sites for hydroxylation is 1. The van der Waals surface area contributed by atoms with E-state index < -0.39 is 0 Å². The van der Waals surface area contributed by atoms with E-state index in [4.69, 9.17) is 4.74 Å². The lowest BCUT2D eigenvalue weighted by molar-refractivity contribution is 0.0811. The van der Waals surface area contributed by atoms with Crippen LogP contribution in [-0.2, 0) is 12.8 Å². The quantitative estimate of drug-likeness (QED) is 0.637. The fourth-order valence-corrected chi connectivity index (χ4v) is 5.89. The summed E-state index contributed by atoms with van der Waals surface area (Å²) in [5.74, 6) is 5.73. The van der Waals surface area contributed by atoms with E-state index in [0.717, 1.165) is 35.3 Å². The molecule has 3 aliphatic rings. The van der Waals surface area contributed by atoms with Gasteiger partial charge in [0, 0.05) is 0 Å². The lowest BCUT2D eigenvalue weighted by atomic mass is 9.61. The fourth-order valence-electron chi connectivity index (χ4n) is 5.89. The molecule has 0 saturated heterocycles. The normalized spacial score (nSPS) is 35.6. The molecule has 0 heterocycles. The molecule has 1 nitrogen and oxygen atoms in total. The van der Waals surface area contributed by atoms with Crippen molar-refractivity contribution < 1.29 is 4.74 Å². The van der Waals surface area contributed by atoms with E-state index in [1.165, 1.54) is 63.4 Å². The molecule has 0 N–H and O–H groups in total. The number of benzene rings is 1. The van der Waals surface area contributed by atoms with E-state index >= 15 is 0 Å². The Hall–Kier alpha value is -1.24. The van der Waals surface area contributed by atoms with Crippen molar-refractivity contribution in [3.63, 3.8) is 0 Å². The Balaban J connectivity index is 1.40. The number of allylic oxidation sites excluding steroid dienone is 1. The zero-order valence-electron chi connectivity index (χ0n) is 15.2. The second kappa shape index (κ2) is 6.94. The first-order valence-electron chi connectivity index (χ1n) is 10.0. The molecule has 130 valence electrons. The number of methoxy groups -OCH3 is 1. The summed E-state index contributed by atoms with van der Waals surface area (Å²) in [5.41, 5.74) is 3.12. The minimum absolute atomic E-state index is 0.805. The van der Waals surface area contributed by atoms with Crippen molar-refractivity contribution in [3.8, 4) is 5.75 Å². The molecular formula is C23H32O. The molecule has 2 fully saturated rings. The van der Waals surface area contributed by atoms with Gasteiger partial charge in [-0.2, -0.15) is 0 Å². The summed E-state index contributed by atoms with van der Waals surface area (Å²) in [4.78, 5) is 0. The molecule has 0 spiro atoms.